The van der Waals surface area contributed by atoms with Gasteiger partial charge in [-0.15, -0.1) is 0 Å². The van der Waals surface area contributed by atoms with Gasteiger partial charge >= 0.3 is 5.97 Å². The van der Waals surface area contributed by atoms with Gasteiger partial charge in [-0.25, -0.2) is 4.79 Å². The van der Waals surface area contributed by atoms with Crippen LogP contribution in [-0.2, 0) is 14.3 Å². The van der Waals surface area contributed by atoms with Gasteiger partial charge < -0.3 is 14.8 Å². The first-order valence-corrected chi connectivity index (χ1v) is 5.87. The lowest BCUT2D eigenvalue weighted by molar-refractivity contribution is -0.138. The zero-order chi connectivity index (χ0) is 11.8. The highest BCUT2D eigenvalue weighted by molar-refractivity contribution is 5.88. The average Bonchev–Trinajstić information content (AvgIpc) is 2.30. The maximum Gasteiger partial charge on any atom is 0.334 e. The highest BCUT2D eigenvalue weighted by Gasteiger charge is 2.14. The molecule has 4 heteroatoms. The van der Waals surface area contributed by atoms with Gasteiger partial charge in [0.15, 0.2) is 0 Å². The van der Waals surface area contributed by atoms with Crippen molar-refractivity contribution in [3.63, 3.8) is 0 Å². The number of carbonyl (C=O) groups excluding carboxylic acids is 1. The van der Waals surface area contributed by atoms with Crippen LogP contribution in [0.2, 0.25) is 0 Å². The van der Waals surface area contributed by atoms with E-state index in [9.17, 15) is 4.79 Å². The Hall–Kier alpha value is -0.870. The van der Waals surface area contributed by atoms with E-state index in [2.05, 4.69) is 11.9 Å². The van der Waals surface area contributed by atoms with Gasteiger partial charge in [-0.05, 0) is 25.7 Å². The molecule has 1 fully saturated rings. The lowest BCUT2D eigenvalue weighted by atomic mass is 10.0. The van der Waals surface area contributed by atoms with E-state index >= 15 is 0 Å². The van der Waals surface area contributed by atoms with Crippen molar-refractivity contribution in [3.8, 4) is 0 Å². The Morgan fingerprint density at radius 2 is 2.44 bits per heavy atom. The molecule has 16 heavy (non-hydrogen) atoms. The molecular formula is C12H21NO3. The molecule has 0 aromatic carbocycles. The van der Waals surface area contributed by atoms with Crippen LogP contribution in [0.4, 0.5) is 0 Å². The zero-order valence-corrected chi connectivity index (χ0v) is 9.96. The molecule has 0 radical (unpaired) electrons. The Labute approximate surface area is 97.0 Å². The summed E-state index contributed by atoms with van der Waals surface area (Å²) >= 11 is 0. The second-order valence-corrected chi connectivity index (χ2v) is 4.04. The quantitative estimate of drug-likeness (QED) is 0.545. The van der Waals surface area contributed by atoms with Crippen LogP contribution in [0.25, 0.3) is 0 Å². The first-order valence-electron chi connectivity index (χ1n) is 5.87. The monoisotopic (exact) mass is 227 g/mol. The molecule has 1 N–H and O–H groups in total. The Balaban J connectivity index is 2.09. The molecule has 0 aromatic rings. The predicted molar refractivity (Wildman–Crippen MR) is 62.2 cm³/mol. The minimum Gasteiger partial charge on any atom is -0.463 e. The normalized spacial score (nSPS) is 20.4. The van der Waals surface area contributed by atoms with Crippen molar-refractivity contribution in [2.45, 2.75) is 19.8 Å². The second-order valence-electron chi connectivity index (χ2n) is 4.04. The lowest BCUT2D eigenvalue weighted by Crippen LogP contribution is -2.31. The molecule has 1 atom stereocenters. The number of rotatable bonds is 6. The van der Waals surface area contributed by atoms with E-state index in [1.165, 1.54) is 6.42 Å². The summed E-state index contributed by atoms with van der Waals surface area (Å²) in [4.78, 5) is 11.2. The van der Waals surface area contributed by atoms with E-state index in [1.54, 1.807) is 6.92 Å². The van der Waals surface area contributed by atoms with Crippen LogP contribution >= 0.6 is 0 Å². The Kier molecular flexibility index (Phi) is 6.11. The van der Waals surface area contributed by atoms with Gasteiger partial charge in [0, 0.05) is 25.3 Å². The smallest absolute Gasteiger partial charge is 0.334 e. The fourth-order valence-electron chi connectivity index (χ4n) is 1.70. The van der Waals surface area contributed by atoms with Crippen molar-refractivity contribution in [1.29, 1.82) is 0 Å². The molecule has 1 saturated heterocycles. The molecule has 4 nitrogen and oxygen atoms in total. The van der Waals surface area contributed by atoms with Crippen molar-refractivity contribution < 1.29 is 14.3 Å². The first kappa shape index (κ1) is 13.2. The van der Waals surface area contributed by atoms with E-state index < -0.39 is 0 Å². The van der Waals surface area contributed by atoms with Gasteiger partial charge in [-0.2, -0.15) is 0 Å². The maximum absolute atomic E-state index is 11.2. The highest BCUT2D eigenvalue weighted by Crippen LogP contribution is 2.12. The predicted octanol–water partition coefficient (Wildman–Crippen LogP) is 1.12. The van der Waals surface area contributed by atoms with Gasteiger partial charge in [0.1, 0.15) is 0 Å². The van der Waals surface area contributed by atoms with Gasteiger partial charge in [-0.3, -0.25) is 0 Å². The largest absolute Gasteiger partial charge is 0.463 e. The average molecular weight is 227 g/mol. The third-order valence-electron chi connectivity index (χ3n) is 2.59. The van der Waals surface area contributed by atoms with Crippen molar-refractivity contribution in [2.24, 2.45) is 5.92 Å². The molecule has 0 aliphatic carbocycles. The van der Waals surface area contributed by atoms with Crippen molar-refractivity contribution in [3.05, 3.63) is 12.2 Å². The highest BCUT2D eigenvalue weighted by atomic mass is 16.5. The molecule has 92 valence electrons. The van der Waals surface area contributed by atoms with Crippen LogP contribution in [-0.4, -0.2) is 38.9 Å². The second kappa shape index (κ2) is 7.41. The van der Waals surface area contributed by atoms with Crippen LogP contribution in [0.3, 0.4) is 0 Å². The van der Waals surface area contributed by atoms with E-state index in [0.29, 0.717) is 24.6 Å². The Morgan fingerprint density at radius 1 is 1.62 bits per heavy atom. The fourth-order valence-corrected chi connectivity index (χ4v) is 1.70. The summed E-state index contributed by atoms with van der Waals surface area (Å²) in [5.41, 5.74) is 0.485. The third-order valence-corrected chi connectivity index (χ3v) is 2.59. The molecule has 0 bridgehead atoms. The number of nitrogens with one attached hydrogen (secondary N) is 1. The summed E-state index contributed by atoms with van der Waals surface area (Å²) in [7, 11) is 0. The minimum absolute atomic E-state index is 0.310. The topological polar surface area (TPSA) is 47.6 Å². The minimum atomic E-state index is -0.310. The van der Waals surface area contributed by atoms with E-state index in [1.807, 2.05) is 0 Å². The van der Waals surface area contributed by atoms with Crippen molar-refractivity contribution in [2.75, 3.05) is 32.9 Å². The van der Waals surface area contributed by atoms with Crippen LogP contribution in [0.1, 0.15) is 19.8 Å². The number of hydrogen-bond acceptors (Lipinski definition) is 4. The molecule has 0 aromatic heterocycles. The molecule has 1 aliphatic rings. The molecular weight excluding hydrogens is 206 g/mol. The summed E-state index contributed by atoms with van der Waals surface area (Å²) in [6, 6.07) is 0. The summed E-state index contributed by atoms with van der Waals surface area (Å²) in [5, 5.41) is 3.21. The van der Waals surface area contributed by atoms with Gasteiger partial charge in [0.05, 0.1) is 13.2 Å². The van der Waals surface area contributed by atoms with Crippen LogP contribution in [0, 0.1) is 5.92 Å². The van der Waals surface area contributed by atoms with Crippen molar-refractivity contribution in [1.82, 2.24) is 5.32 Å². The number of hydrogen-bond donors (Lipinski definition) is 1. The summed E-state index contributed by atoms with van der Waals surface area (Å²) in [5.74, 6) is 0.249. The molecule has 1 heterocycles. The molecule has 0 saturated carbocycles. The summed E-state index contributed by atoms with van der Waals surface area (Å²) < 4.78 is 10.2. The van der Waals surface area contributed by atoms with Crippen molar-refractivity contribution >= 4 is 5.97 Å². The number of carbonyl (C=O) groups is 1. The van der Waals surface area contributed by atoms with Gasteiger partial charge in [0.25, 0.3) is 0 Å². The molecule has 0 spiro atoms. The Morgan fingerprint density at radius 3 is 3.06 bits per heavy atom. The van der Waals surface area contributed by atoms with Gasteiger partial charge in [0.2, 0.25) is 0 Å². The van der Waals surface area contributed by atoms with E-state index in [4.69, 9.17) is 9.47 Å². The molecule has 1 rings (SSSR count). The molecule has 1 aliphatic heterocycles. The third kappa shape index (κ3) is 4.77. The van der Waals surface area contributed by atoms with Crippen LogP contribution < -0.4 is 5.32 Å². The molecule has 0 amide bonds. The first-order chi connectivity index (χ1) is 7.74. The van der Waals surface area contributed by atoms with Crippen LogP contribution in [0.15, 0.2) is 12.2 Å². The van der Waals surface area contributed by atoms with Gasteiger partial charge in [-0.1, -0.05) is 6.58 Å². The lowest BCUT2D eigenvalue weighted by Gasteiger charge is -2.22. The number of esters is 1. The molecule has 1 unspecified atom stereocenters. The van der Waals surface area contributed by atoms with E-state index in [0.717, 1.165) is 26.2 Å². The SMILES string of the molecule is C=C(CNCC1CCCOC1)C(=O)OCC. The zero-order valence-electron chi connectivity index (χ0n) is 9.96. The van der Waals surface area contributed by atoms with Crippen LogP contribution in [0.5, 0.6) is 0 Å². The fraction of sp³-hybridized carbons (Fsp3) is 0.750. The summed E-state index contributed by atoms with van der Waals surface area (Å²) in [6.07, 6.45) is 2.32. The maximum atomic E-state index is 11.2. The summed E-state index contributed by atoms with van der Waals surface area (Å²) in [6.45, 7) is 8.94. The number of ether oxygens (including phenoxy) is 2. The standard InChI is InChI=1S/C12H21NO3/c1-3-16-12(14)10(2)7-13-8-11-5-4-6-15-9-11/h11,13H,2-9H2,1H3. The Bertz CT molecular complexity index is 234. The van der Waals surface area contributed by atoms with E-state index in [-0.39, 0.29) is 5.97 Å².